The van der Waals surface area contributed by atoms with E-state index in [2.05, 4.69) is 45.2 Å². The highest BCUT2D eigenvalue weighted by atomic mass is 16.5. The average Bonchev–Trinajstić information content (AvgIpc) is 3.67. The minimum absolute atomic E-state index is 0.0208. The van der Waals surface area contributed by atoms with E-state index in [0.717, 1.165) is 50.9 Å². The first-order chi connectivity index (χ1) is 17.1. The average molecular weight is 477 g/mol. The zero-order valence-corrected chi connectivity index (χ0v) is 20.8. The summed E-state index contributed by atoms with van der Waals surface area (Å²) in [7, 11) is 3.50. The van der Waals surface area contributed by atoms with Crippen molar-refractivity contribution >= 4 is 16.8 Å². The summed E-state index contributed by atoms with van der Waals surface area (Å²) in [5.41, 5.74) is 3.37. The molecule has 1 aliphatic carbocycles. The lowest BCUT2D eigenvalue weighted by Crippen LogP contribution is -2.47. The molecular formula is C28H36N4O3. The van der Waals surface area contributed by atoms with Gasteiger partial charge in [-0.05, 0) is 61.4 Å². The van der Waals surface area contributed by atoms with Crippen molar-refractivity contribution in [2.45, 2.75) is 50.7 Å². The normalized spacial score (nSPS) is 20.3. The number of amides is 1. The number of rotatable bonds is 9. The molecule has 5 rings (SSSR count). The summed E-state index contributed by atoms with van der Waals surface area (Å²) in [5, 5.41) is 4.65. The van der Waals surface area contributed by atoms with Crippen LogP contribution in [0.25, 0.3) is 10.9 Å². The molecule has 1 amide bonds. The van der Waals surface area contributed by atoms with E-state index in [4.69, 9.17) is 4.74 Å². The van der Waals surface area contributed by atoms with Gasteiger partial charge in [-0.2, -0.15) is 0 Å². The van der Waals surface area contributed by atoms with Crippen LogP contribution in [0.15, 0.2) is 53.6 Å². The van der Waals surface area contributed by atoms with Gasteiger partial charge in [-0.25, -0.2) is 0 Å². The largest absolute Gasteiger partial charge is 0.385 e. The molecule has 2 aromatic heterocycles. The maximum absolute atomic E-state index is 14.1. The summed E-state index contributed by atoms with van der Waals surface area (Å²) in [5.74, 6) is 0.113. The number of benzene rings is 1. The van der Waals surface area contributed by atoms with Gasteiger partial charge in [0.05, 0.1) is 5.92 Å². The highest BCUT2D eigenvalue weighted by Gasteiger charge is 2.40. The topological polar surface area (TPSA) is 68.5 Å². The molecule has 0 unspecified atom stereocenters. The number of hydrogen-bond donors (Lipinski definition) is 1. The zero-order chi connectivity index (χ0) is 24.4. The molecule has 1 aliphatic heterocycles. The molecule has 0 bridgehead atoms. The third kappa shape index (κ3) is 5.07. The van der Waals surface area contributed by atoms with E-state index >= 15 is 0 Å². The third-order valence-corrected chi connectivity index (χ3v) is 7.59. The Labute approximate surface area is 206 Å². The minimum atomic E-state index is -0.161. The molecule has 186 valence electrons. The van der Waals surface area contributed by atoms with Gasteiger partial charge in [0.1, 0.15) is 0 Å². The molecule has 3 heterocycles. The zero-order valence-electron chi connectivity index (χ0n) is 20.8. The molecule has 7 nitrogen and oxygen atoms in total. The summed E-state index contributed by atoms with van der Waals surface area (Å²) < 4.78 is 9.13. The van der Waals surface area contributed by atoms with Crippen LogP contribution < -0.4 is 10.9 Å². The van der Waals surface area contributed by atoms with Gasteiger partial charge >= 0.3 is 0 Å². The molecule has 1 saturated heterocycles. The molecular weight excluding hydrogens is 440 g/mol. The van der Waals surface area contributed by atoms with Crippen LogP contribution in [0, 0.1) is 5.92 Å². The van der Waals surface area contributed by atoms with Gasteiger partial charge < -0.3 is 24.1 Å². The number of piperidine rings is 1. The van der Waals surface area contributed by atoms with Gasteiger partial charge in [-0.3, -0.25) is 9.59 Å². The van der Waals surface area contributed by atoms with Crippen molar-refractivity contribution in [2.75, 3.05) is 26.8 Å². The standard InChI is InChI=1S/C28H36N4O3/c1-30-14-11-20(16-27(30)33)23-10-12-29-17-25(23)28(34)32(22-8-9-22)19-21-18-31(13-5-15-35-2)26-7-4-3-6-24(21)26/h3-4,6-7,11,14,16,18,22-23,25,29H,5,8-10,12-13,15,17,19H2,1-2H3/t23-,25+/m1/s1. The summed E-state index contributed by atoms with van der Waals surface area (Å²) in [6.07, 6.45) is 7.98. The van der Waals surface area contributed by atoms with E-state index in [1.54, 1.807) is 24.8 Å². The lowest BCUT2D eigenvalue weighted by Gasteiger charge is -2.35. The number of carbonyl (C=O) groups excluding carboxylic acids is 1. The number of fused-ring (bicyclic) bond motifs is 1. The quantitative estimate of drug-likeness (QED) is 0.482. The van der Waals surface area contributed by atoms with Crippen LogP contribution in [0.2, 0.25) is 0 Å². The van der Waals surface area contributed by atoms with Gasteiger partial charge in [0.2, 0.25) is 5.91 Å². The monoisotopic (exact) mass is 476 g/mol. The van der Waals surface area contributed by atoms with Crippen LogP contribution in [0.3, 0.4) is 0 Å². The Bertz CT molecular complexity index is 1240. The SMILES string of the molecule is COCCCn1cc(CN(C(=O)[C@H]2CNCC[C@@H]2c2ccn(C)c(=O)c2)C2CC2)c2ccccc21. The van der Waals surface area contributed by atoms with E-state index in [0.29, 0.717) is 19.1 Å². The summed E-state index contributed by atoms with van der Waals surface area (Å²) in [4.78, 5) is 28.5. The fourth-order valence-corrected chi connectivity index (χ4v) is 5.49. The Hall–Kier alpha value is -2.90. The maximum Gasteiger partial charge on any atom is 0.250 e. The number of para-hydroxylation sites is 1. The van der Waals surface area contributed by atoms with Crippen molar-refractivity contribution in [3.8, 4) is 0 Å². The second kappa shape index (κ2) is 10.4. The second-order valence-corrected chi connectivity index (χ2v) is 10.0. The van der Waals surface area contributed by atoms with Crippen molar-refractivity contribution in [2.24, 2.45) is 13.0 Å². The number of pyridine rings is 1. The molecule has 2 atom stereocenters. The minimum Gasteiger partial charge on any atom is -0.385 e. The molecule has 1 N–H and O–H groups in total. The van der Waals surface area contributed by atoms with E-state index in [-0.39, 0.29) is 23.3 Å². The third-order valence-electron chi connectivity index (χ3n) is 7.59. The Kier molecular flexibility index (Phi) is 7.07. The molecule has 1 saturated carbocycles. The predicted octanol–water partition coefficient (Wildman–Crippen LogP) is 3.26. The first-order valence-corrected chi connectivity index (χ1v) is 12.8. The number of carbonyl (C=O) groups is 1. The van der Waals surface area contributed by atoms with Crippen LogP contribution in [0.1, 0.15) is 42.7 Å². The van der Waals surface area contributed by atoms with Gasteiger partial charge in [0.25, 0.3) is 5.56 Å². The smallest absolute Gasteiger partial charge is 0.250 e. The van der Waals surface area contributed by atoms with E-state index in [9.17, 15) is 9.59 Å². The number of aryl methyl sites for hydroxylation is 2. The Morgan fingerprint density at radius 2 is 2.03 bits per heavy atom. The first-order valence-electron chi connectivity index (χ1n) is 12.8. The van der Waals surface area contributed by atoms with Crippen molar-refractivity contribution in [3.63, 3.8) is 0 Å². The van der Waals surface area contributed by atoms with Crippen LogP contribution in [0.5, 0.6) is 0 Å². The van der Waals surface area contributed by atoms with Crippen molar-refractivity contribution in [3.05, 3.63) is 70.3 Å². The van der Waals surface area contributed by atoms with Crippen molar-refractivity contribution in [1.29, 1.82) is 0 Å². The molecule has 0 radical (unpaired) electrons. The molecule has 2 aliphatic rings. The van der Waals surface area contributed by atoms with Crippen molar-refractivity contribution < 1.29 is 9.53 Å². The molecule has 3 aromatic rings. The second-order valence-electron chi connectivity index (χ2n) is 10.0. The Balaban J connectivity index is 1.42. The molecule has 2 fully saturated rings. The number of nitrogens with one attached hydrogen (secondary N) is 1. The predicted molar refractivity (Wildman–Crippen MR) is 137 cm³/mol. The van der Waals surface area contributed by atoms with Crippen LogP contribution in [0.4, 0.5) is 0 Å². The molecule has 1 aromatic carbocycles. The lowest BCUT2D eigenvalue weighted by atomic mass is 9.80. The number of ether oxygens (including phenoxy) is 1. The van der Waals surface area contributed by atoms with Crippen LogP contribution in [-0.2, 0) is 29.7 Å². The fourth-order valence-electron chi connectivity index (χ4n) is 5.49. The van der Waals surface area contributed by atoms with Crippen LogP contribution >= 0.6 is 0 Å². The van der Waals surface area contributed by atoms with Gasteiger partial charge in [0, 0.05) is 75.8 Å². The van der Waals surface area contributed by atoms with E-state index < -0.39 is 0 Å². The molecule has 7 heteroatoms. The van der Waals surface area contributed by atoms with Gasteiger partial charge in [0.15, 0.2) is 0 Å². The van der Waals surface area contributed by atoms with Crippen LogP contribution in [-0.4, -0.2) is 52.8 Å². The Morgan fingerprint density at radius 3 is 2.80 bits per heavy atom. The number of nitrogens with zero attached hydrogens (tertiary/aromatic N) is 3. The Morgan fingerprint density at radius 1 is 1.20 bits per heavy atom. The highest BCUT2D eigenvalue weighted by Crippen LogP contribution is 2.36. The van der Waals surface area contributed by atoms with Crippen molar-refractivity contribution in [1.82, 2.24) is 19.4 Å². The van der Waals surface area contributed by atoms with E-state index in [1.165, 1.54) is 16.5 Å². The number of methoxy groups -OCH3 is 1. The van der Waals surface area contributed by atoms with Gasteiger partial charge in [-0.1, -0.05) is 18.2 Å². The van der Waals surface area contributed by atoms with E-state index in [1.807, 2.05) is 12.3 Å². The highest BCUT2D eigenvalue weighted by molar-refractivity contribution is 5.85. The number of aromatic nitrogens is 2. The first kappa shape index (κ1) is 23.8. The maximum atomic E-state index is 14.1. The lowest BCUT2D eigenvalue weighted by molar-refractivity contribution is -0.138. The number of hydrogen-bond acceptors (Lipinski definition) is 4. The van der Waals surface area contributed by atoms with Gasteiger partial charge in [-0.15, -0.1) is 0 Å². The molecule has 0 spiro atoms. The summed E-state index contributed by atoms with van der Waals surface area (Å²) in [6, 6.07) is 12.5. The summed E-state index contributed by atoms with van der Waals surface area (Å²) in [6.45, 7) is 3.76. The molecule has 35 heavy (non-hydrogen) atoms. The fraction of sp³-hybridized carbons (Fsp3) is 0.500. The summed E-state index contributed by atoms with van der Waals surface area (Å²) >= 11 is 0.